The third kappa shape index (κ3) is 1.42. The molecular formula is C12H10N4O2. The van der Waals surface area contributed by atoms with Crippen molar-refractivity contribution in [2.75, 3.05) is 0 Å². The van der Waals surface area contributed by atoms with Gasteiger partial charge in [-0.25, -0.2) is 14.8 Å². The second-order valence-corrected chi connectivity index (χ2v) is 4.23. The van der Waals surface area contributed by atoms with Crippen molar-refractivity contribution in [1.29, 1.82) is 0 Å². The number of aryl methyl sites for hydroxylation is 2. The molecule has 0 radical (unpaired) electrons. The molecule has 0 amide bonds. The van der Waals surface area contributed by atoms with Crippen molar-refractivity contribution in [1.82, 2.24) is 19.9 Å². The van der Waals surface area contributed by atoms with E-state index in [4.69, 9.17) is 0 Å². The van der Waals surface area contributed by atoms with Crippen LogP contribution < -0.4 is 11.2 Å². The number of hydrogen-bond donors (Lipinski definition) is 2. The maximum absolute atomic E-state index is 11.7. The Morgan fingerprint density at radius 2 is 1.50 bits per heavy atom. The summed E-state index contributed by atoms with van der Waals surface area (Å²) >= 11 is 0. The van der Waals surface area contributed by atoms with Crippen LogP contribution in [0, 0.1) is 13.8 Å². The maximum Gasteiger partial charge on any atom is 0.327 e. The zero-order valence-corrected chi connectivity index (χ0v) is 9.87. The standard InChI is InChI=1S/C12H10N4O2/c1-5-3-4-6(2)8-7(5)13-9-10(14-8)15-12(18)16-11(9)17/h3-4H,1-2H3,(H2,14,15,16,17,18). The van der Waals surface area contributed by atoms with Crippen LogP contribution >= 0.6 is 0 Å². The fourth-order valence-corrected chi connectivity index (χ4v) is 1.94. The van der Waals surface area contributed by atoms with E-state index in [0.29, 0.717) is 11.0 Å². The highest BCUT2D eigenvalue weighted by atomic mass is 16.2. The maximum atomic E-state index is 11.7. The van der Waals surface area contributed by atoms with Crippen molar-refractivity contribution < 1.29 is 0 Å². The van der Waals surface area contributed by atoms with Crippen LogP contribution in [0.1, 0.15) is 11.1 Å². The van der Waals surface area contributed by atoms with Crippen LogP contribution in [0.25, 0.3) is 22.2 Å². The first-order chi connectivity index (χ1) is 8.56. The van der Waals surface area contributed by atoms with Crippen molar-refractivity contribution >= 4 is 22.2 Å². The molecule has 0 atom stereocenters. The van der Waals surface area contributed by atoms with Crippen molar-refractivity contribution in [2.45, 2.75) is 13.8 Å². The summed E-state index contributed by atoms with van der Waals surface area (Å²) in [6, 6.07) is 3.86. The summed E-state index contributed by atoms with van der Waals surface area (Å²) in [6.07, 6.45) is 0. The topological polar surface area (TPSA) is 91.5 Å². The molecule has 3 aromatic rings. The van der Waals surface area contributed by atoms with Gasteiger partial charge in [0.1, 0.15) is 0 Å². The number of fused-ring (bicyclic) bond motifs is 2. The van der Waals surface area contributed by atoms with Gasteiger partial charge in [-0.1, -0.05) is 12.1 Å². The quantitative estimate of drug-likeness (QED) is 0.570. The number of aromatic nitrogens is 4. The van der Waals surface area contributed by atoms with E-state index in [-0.39, 0.29) is 11.2 Å². The van der Waals surface area contributed by atoms with Gasteiger partial charge in [0.15, 0.2) is 11.2 Å². The van der Waals surface area contributed by atoms with Crippen LogP contribution in [0.4, 0.5) is 0 Å². The van der Waals surface area contributed by atoms with Gasteiger partial charge in [0.25, 0.3) is 5.56 Å². The average molecular weight is 242 g/mol. The third-order valence-electron chi connectivity index (χ3n) is 2.90. The van der Waals surface area contributed by atoms with Gasteiger partial charge in [0, 0.05) is 0 Å². The molecule has 0 saturated heterocycles. The number of nitrogens with one attached hydrogen (secondary N) is 2. The summed E-state index contributed by atoms with van der Waals surface area (Å²) in [6.45, 7) is 3.82. The Labute approximate surface area is 101 Å². The highest BCUT2D eigenvalue weighted by Crippen LogP contribution is 2.19. The van der Waals surface area contributed by atoms with E-state index in [9.17, 15) is 9.59 Å². The molecule has 3 rings (SSSR count). The molecule has 0 aliphatic rings. The number of nitrogens with zero attached hydrogens (tertiary/aromatic N) is 2. The third-order valence-corrected chi connectivity index (χ3v) is 2.90. The second kappa shape index (κ2) is 3.49. The minimum Gasteiger partial charge on any atom is -0.290 e. The normalized spacial score (nSPS) is 11.2. The summed E-state index contributed by atoms with van der Waals surface area (Å²) in [5.74, 6) is 0. The van der Waals surface area contributed by atoms with Crippen LogP contribution in [-0.4, -0.2) is 19.9 Å². The van der Waals surface area contributed by atoms with E-state index in [1.165, 1.54) is 0 Å². The number of hydrogen-bond acceptors (Lipinski definition) is 4. The summed E-state index contributed by atoms with van der Waals surface area (Å²) in [4.78, 5) is 36.1. The lowest BCUT2D eigenvalue weighted by Crippen LogP contribution is -2.23. The zero-order valence-electron chi connectivity index (χ0n) is 9.87. The monoisotopic (exact) mass is 242 g/mol. The van der Waals surface area contributed by atoms with Crippen LogP contribution in [0.15, 0.2) is 21.7 Å². The van der Waals surface area contributed by atoms with E-state index in [2.05, 4.69) is 19.9 Å². The predicted octanol–water partition coefficient (Wildman–Crippen LogP) is 0.776. The van der Waals surface area contributed by atoms with Crippen LogP contribution in [0.3, 0.4) is 0 Å². The highest BCUT2D eigenvalue weighted by molar-refractivity contribution is 5.87. The van der Waals surface area contributed by atoms with Crippen molar-refractivity contribution in [3.05, 3.63) is 44.1 Å². The fraction of sp³-hybridized carbons (Fsp3) is 0.167. The molecule has 2 N–H and O–H groups in total. The van der Waals surface area contributed by atoms with Crippen molar-refractivity contribution in [2.24, 2.45) is 0 Å². The Kier molecular flexibility index (Phi) is 2.07. The molecule has 18 heavy (non-hydrogen) atoms. The molecule has 0 unspecified atom stereocenters. The van der Waals surface area contributed by atoms with Gasteiger partial charge in [-0.05, 0) is 25.0 Å². The molecule has 0 bridgehead atoms. The zero-order chi connectivity index (χ0) is 12.9. The van der Waals surface area contributed by atoms with E-state index in [0.717, 1.165) is 11.1 Å². The molecule has 0 saturated carbocycles. The van der Waals surface area contributed by atoms with E-state index in [1.807, 2.05) is 26.0 Å². The molecule has 0 spiro atoms. The number of benzene rings is 1. The van der Waals surface area contributed by atoms with Gasteiger partial charge in [-0.15, -0.1) is 0 Å². The first-order valence-electron chi connectivity index (χ1n) is 5.46. The van der Waals surface area contributed by atoms with E-state index < -0.39 is 11.2 Å². The minimum absolute atomic E-state index is 0.149. The lowest BCUT2D eigenvalue weighted by Gasteiger charge is -2.05. The molecular weight excluding hydrogens is 232 g/mol. The van der Waals surface area contributed by atoms with Crippen LogP contribution in [-0.2, 0) is 0 Å². The molecule has 2 heterocycles. The summed E-state index contributed by atoms with van der Waals surface area (Å²) in [5.41, 5.74) is 2.53. The van der Waals surface area contributed by atoms with Gasteiger partial charge in [-0.2, -0.15) is 0 Å². The van der Waals surface area contributed by atoms with E-state index in [1.54, 1.807) is 0 Å². The molecule has 2 aromatic heterocycles. The first-order valence-corrected chi connectivity index (χ1v) is 5.46. The van der Waals surface area contributed by atoms with E-state index >= 15 is 0 Å². The molecule has 1 aromatic carbocycles. The van der Waals surface area contributed by atoms with Gasteiger partial charge >= 0.3 is 5.69 Å². The lowest BCUT2D eigenvalue weighted by molar-refractivity contribution is 1.05. The molecule has 0 fully saturated rings. The summed E-state index contributed by atoms with van der Waals surface area (Å²) < 4.78 is 0. The Balaban J connectivity index is 2.64. The fourth-order valence-electron chi connectivity index (χ4n) is 1.94. The number of rotatable bonds is 0. The SMILES string of the molecule is Cc1ccc(C)c2nc3c(=O)[nH]c(=O)[nH]c3nc12. The summed E-state index contributed by atoms with van der Waals surface area (Å²) in [5, 5.41) is 0. The van der Waals surface area contributed by atoms with Gasteiger partial charge in [0.2, 0.25) is 0 Å². The molecule has 6 nitrogen and oxygen atoms in total. The lowest BCUT2D eigenvalue weighted by atomic mass is 10.1. The molecule has 0 aliphatic carbocycles. The second-order valence-electron chi connectivity index (χ2n) is 4.23. The molecule has 90 valence electrons. The van der Waals surface area contributed by atoms with Gasteiger partial charge < -0.3 is 0 Å². The number of H-pyrrole nitrogens is 2. The molecule has 6 heteroatoms. The molecule has 0 aliphatic heterocycles. The van der Waals surface area contributed by atoms with Crippen molar-refractivity contribution in [3.8, 4) is 0 Å². The highest BCUT2D eigenvalue weighted by Gasteiger charge is 2.09. The Morgan fingerprint density at radius 3 is 2.17 bits per heavy atom. The van der Waals surface area contributed by atoms with Gasteiger partial charge in [-0.3, -0.25) is 14.8 Å². The minimum atomic E-state index is -0.577. The Morgan fingerprint density at radius 1 is 0.889 bits per heavy atom. The first kappa shape index (κ1) is 10.6. The predicted molar refractivity (Wildman–Crippen MR) is 67.8 cm³/mol. The number of aromatic amines is 2. The van der Waals surface area contributed by atoms with Crippen molar-refractivity contribution in [3.63, 3.8) is 0 Å². The van der Waals surface area contributed by atoms with Crippen LogP contribution in [0.2, 0.25) is 0 Å². The Bertz CT molecular complexity index is 892. The van der Waals surface area contributed by atoms with Gasteiger partial charge in [0.05, 0.1) is 11.0 Å². The average Bonchev–Trinajstić information content (AvgIpc) is 2.32. The van der Waals surface area contributed by atoms with Crippen LogP contribution in [0.5, 0.6) is 0 Å². The summed E-state index contributed by atoms with van der Waals surface area (Å²) in [7, 11) is 0. The largest absolute Gasteiger partial charge is 0.327 e. The smallest absolute Gasteiger partial charge is 0.290 e. The Hall–Kier alpha value is -2.50.